The van der Waals surface area contributed by atoms with Crippen molar-refractivity contribution in [1.82, 2.24) is 24.9 Å². The van der Waals surface area contributed by atoms with Gasteiger partial charge in [-0.1, -0.05) is 36.2 Å². The highest BCUT2D eigenvalue weighted by molar-refractivity contribution is 7.93. The summed E-state index contributed by atoms with van der Waals surface area (Å²) < 4.78 is 123. The Morgan fingerprint density at radius 1 is 1.14 bits per heavy atom. The first-order chi connectivity index (χ1) is 26.4. The van der Waals surface area contributed by atoms with Gasteiger partial charge in [-0.25, -0.2) is 30.6 Å². The van der Waals surface area contributed by atoms with Crippen LogP contribution in [0.25, 0.3) is 16.5 Å². The van der Waals surface area contributed by atoms with Gasteiger partial charge in [0, 0.05) is 30.4 Å². The number of hydrogen-bond donors (Lipinski definition) is 2. The van der Waals surface area contributed by atoms with Crippen LogP contribution in [0.4, 0.5) is 27.8 Å². The number of aliphatic imine (C=N–C) groups is 1. The molecule has 0 spiro atoms. The van der Waals surface area contributed by atoms with Gasteiger partial charge < -0.3 is 5.32 Å². The molecule has 5 rings (SSSR count). The van der Waals surface area contributed by atoms with Crippen LogP contribution in [0.1, 0.15) is 50.3 Å². The first-order valence-electron chi connectivity index (χ1n) is 17.1. The zero-order valence-corrected chi connectivity index (χ0v) is 33.6. The summed E-state index contributed by atoms with van der Waals surface area (Å²) in [5.41, 5.74) is -0.485. The number of anilines is 1. The smallest absolute Gasteiger partial charge is 0.346 e. The lowest BCUT2D eigenvalue weighted by atomic mass is 9.90. The standard InChI is InChI=1S/C37H37ClF5N7O5S2/c1-7-27(28-10-11-29(38)32-34(28)49(5)47-35(32)48-56(6,52)53)33(45-21(2)12-13-36(3,4)57(54,55)26-8-9-26)30(16-22-14-24(39)17-25(40)15-22)46-31(51)20-50-19-23(18-44-50)37(41,42)43/h7,10-11,14-15,17-19,26,30H,2,8-9,16,20H2,1,3-6H3,(H,46,51)(H,47,48)/b27-7-,45-33+/t30-/m0/s1. The molecule has 2 aromatic carbocycles. The van der Waals surface area contributed by atoms with E-state index in [0.717, 1.165) is 23.1 Å². The molecule has 57 heavy (non-hydrogen) atoms. The van der Waals surface area contributed by atoms with Crippen molar-refractivity contribution in [1.29, 1.82) is 0 Å². The lowest BCUT2D eigenvalue weighted by molar-refractivity contribution is -0.137. The fraction of sp³-hybridized carbons (Fsp3) is 0.351. The van der Waals surface area contributed by atoms with E-state index in [1.54, 1.807) is 19.1 Å². The van der Waals surface area contributed by atoms with Gasteiger partial charge in [0.2, 0.25) is 15.9 Å². The molecular formula is C37H37ClF5N7O5S2. The number of halogens is 6. The number of benzene rings is 2. The van der Waals surface area contributed by atoms with Crippen molar-refractivity contribution in [3.63, 3.8) is 0 Å². The number of rotatable bonds is 13. The van der Waals surface area contributed by atoms with E-state index in [-0.39, 0.29) is 50.7 Å². The number of sulfonamides is 1. The minimum absolute atomic E-state index is 0.0363. The number of carbonyl (C=O) groups is 1. The second kappa shape index (κ2) is 16.1. The maximum Gasteiger partial charge on any atom is 0.419 e. The number of sulfone groups is 1. The number of fused-ring (bicyclic) bond motifs is 1. The van der Waals surface area contributed by atoms with Crippen LogP contribution in [0.5, 0.6) is 0 Å². The maximum absolute atomic E-state index is 14.5. The normalized spacial score (nSPS) is 14.9. The number of aryl methyl sites for hydroxylation is 1. The zero-order valence-electron chi connectivity index (χ0n) is 31.2. The van der Waals surface area contributed by atoms with Crippen molar-refractivity contribution < 1.29 is 43.6 Å². The number of nitrogens with one attached hydrogen (secondary N) is 2. The molecule has 0 bridgehead atoms. The minimum atomic E-state index is -4.74. The van der Waals surface area contributed by atoms with Gasteiger partial charge in [0.1, 0.15) is 28.6 Å². The van der Waals surface area contributed by atoms with E-state index < -0.39 is 71.7 Å². The highest BCUT2D eigenvalue weighted by atomic mass is 35.5. The van der Waals surface area contributed by atoms with Crippen LogP contribution in [0.2, 0.25) is 5.02 Å². The van der Waals surface area contributed by atoms with E-state index >= 15 is 0 Å². The molecule has 2 aromatic heterocycles. The van der Waals surface area contributed by atoms with Crippen molar-refractivity contribution in [3.05, 3.63) is 94.4 Å². The van der Waals surface area contributed by atoms with Crippen molar-refractivity contribution in [2.45, 2.75) is 68.8 Å². The number of hydrogen-bond acceptors (Lipinski definition) is 8. The van der Waals surface area contributed by atoms with Crippen LogP contribution >= 0.6 is 11.6 Å². The summed E-state index contributed by atoms with van der Waals surface area (Å²) in [5.74, 6) is 2.56. The molecule has 20 heteroatoms. The van der Waals surface area contributed by atoms with E-state index in [4.69, 9.17) is 11.6 Å². The lowest BCUT2D eigenvalue weighted by Crippen LogP contribution is -2.44. The number of nitrogens with zero attached hydrogens (tertiary/aromatic N) is 5. The fourth-order valence-corrected chi connectivity index (χ4v) is 8.56. The van der Waals surface area contributed by atoms with Crippen LogP contribution in [0.15, 0.2) is 66.1 Å². The van der Waals surface area contributed by atoms with Gasteiger partial charge in [-0.3, -0.25) is 18.9 Å². The predicted molar refractivity (Wildman–Crippen MR) is 207 cm³/mol. The lowest BCUT2D eigenvalue weighted by Gasteiger charge is -2.24. The Bertz CT molecular complexity index is 2600. The first-order valence-corrected chi connectivity index (χ1v) is 20.9. The quantitative estimate of drug-likeness (QED) is 0.0917. The van der Waals surface area contributed by atoms with Crippen LogP contribution in [-0.2, 0) is 50.8 Å². The van der Waals surface area contributed by atoms with E-state index in [0.29, 0.717) is 36.9 Å². The van der Waals surface area contributed by atoms with Crippen LogP contribution in [0.3, 0.4) is 0 Å². The van der Waals surface area contributed by atoms with Crippen molar-refractivity contribution in [2.24, 2.45) is 12.0 Å². The Kier molecular flexibility index (Phi) is 12.1. The largest absolute Gasteiger partial charge is 0.419 e. The molecule has 1 saturated carbocycles. The third-order valence-electron chi connectivity index (χ3n) is 8.81. The molecule has 0 aliphatic heterocycles. The van der Waals surface area contributed by atoms with Gasteiger partial charge in [-0.05, 0) is 69.7 Å². The van der Waals surface area contributed by atoms with Gasteiger partial charge in [-0.15, -0.1) is 0 Å². The monoisotopic (exact) mass is 853 g/mol. The predicted octanol–water partition coefficient (Wildman–Crippen LogP) is 6.24. The highest BCUT2D eigenvalue weighted by Crippen LogP contribution is 2.38. The summed E-state index contributed by atoms with van der Waals surface area (Å²) in [6, 6.07) is 4.36. The summed E-state index contributed by atoms with van der Waals surface area (Å²) in [5, 5.41) is 10.4. The van der Waals surface area contributed by atoms with Gasteiger partial charge in [0.15, 0.2) is 15.7 Å². The Morgan fingerprint density at radius 2 is 1.79 bits per heavy atom. The molecule has 1 aliphatic rings. The number of carbonyl (C=O) groups excluding carboxylic acids is 1. The van der Waals surface area contributed by atoms with Crippen molar-refractivity contribution >= 4 is 65.4 Å². The Balaban J connectivity index is 1.70. The van der Waals surface area contributed by atoms with Gasteiger partial charge in [0.05, 0.1) is 50.9 Å². The van der Waals surface area contributed by atoms with Gasteiger partial charge in [-0.2, -0.15) is 23.4 Å². The molecule has 304 valence electrons. The van der Waals surface area contributed by atoms with Crippen molar-refractivity contribution in [3.8, 4) is 11.8 Å². The Morgan fingerprint density at radius 3 is 2.35 bits per heavy atom. The molecule has 1 amide bonds. The summed E-state index contributed by atoms with van der Waals surface area (Å²) in [6.45, 7) is 7.69. The average Bonchev–Trinajstić information content (AvgIpc) is 3.76. The highest BCUT2D eigenvalue weighted by Gasteiger charge is 2.45. The topological polar surface area (TPSA) is 157 Å². The summed E-state index contributed by atoms with van der Waals surface area (Å²) in [4.78, 5) is 18.3. The molecule has 2 N–H and O–H groups in total. The molecular weight excluding hydrogens is 817 g/mol. The van der Waals surface area contributed by atoms with E-state index in [9.17, 15) is 43.6 Å². The SMILES string of the molecule is C=C(C#CC(C)(C)S(=O)(=O)C1CC1)/N=C(\C(=C/C)c1ccc(Cl)c2c(NS(C)(=O)=O)nn(C)c12)[C@H](Cc1cc(F)cc(F)c1)NC(=O)Cn1cc(C(F)(F)F)cn1. The second-order valence-corrected chi connectivity index (χ2v) is 18.8. The molecule has 1 atom stereocenters. The molecule has 4 aromatic rings. The van der Waals surface area contributed by atoms with Gasteiger partial charge >= 0.3 is 6.18 Å². The van der Waals surface area contributed by atoms with E-state index in [1.807, 2.05) is 0 Å². The minimum Gasteiger partial charge on any atom is -0.346 e. The van der Waals surface area contributed by atoms with Crippen LogP contribution in [0, 0.1) is 23.5 Å². The molecule has 1 fully saturated rings. The number of amides is 1. The fourth-order valence-electron chi connectivity index (χ4n) is 6.04. The summed E-state index contributed by atoms with van der Waals surface area (Å²) >= 11 is 6.58. The number of alkyl halides is 3. The molecule has 12 nitrogen and oxygen atoms in total. The van der Waals surface area contributed by atoms with E-state index in [2.05, 4.69) is 43.6 Å². The van der Waals surface area contributed by atoms with E-state index in [1.165, 1.54) is 31.6 Å². The summed E-state index contributed by atoms with van der Waals surface area (Å²) in [6.07, 6.45) is -0.414. The molecule has 1 aliphatic carbocycles. The zero-order chi connectivity index (χ0) is 42.2. The third kappa shape index (κ3) is 10.1. The van der Waals surface area contributed by atoms with Gasteiger partial charge in [0.25, 0.3) is 0 Å². The number of allylic oxidation sites excluding steroid dienone is 2. The second-order valence-electron chi connectivity index (χ2n) is 13.8. The third-order valence-corrected chi connectivity index (χ3v) is 12.6. The van der Waals surface area contributed by atoms with Crippen LogP contribution < -0.4 is 10.0 Å². The maximum atomic E-state index is 14.5. The van der Waals surface area contributed by atoms with Crippen LogP contribution in [-0.4, -0.2) is 70.3 Å². The molecule has 0 saturated heterocycles. The average molecular weight is 854 g/mol. The summed E-state index contributed by atoms with van der Waals surface area (Å²) in [7, 11) is -6.00. The number of aromatic nitrogens is 4. The molecule has 2 heterocycles. The molecule has 0 radical (unpaired) electrons. The van der Waals surface area contributed by atoms with Crippen molar-refractivity contribution in [2.75, 3.05) is 11.0 Å². The first kappa shape index (κ1) is 43.1. The molecule has 0 unspecified atom stereocenters. The Labute approximate surface area is 330 Å². The Hall–Kier alpha value is -5.06.